The van der Waals surface area contributed by atoms with Crippen molar-refractivity contribution in [1.82, 2.24) is 4.98 Å². The molecule has 0 saturated heterocycles. The number of rotatable bonds is 4. The third-order valence-electron chi connectivity index (χ3n) is 2.04. The highest BCUT2D eigenvalue weighted by molar-refractivity contribution is 5.55. The first kappa shape index (κ1) is 10.3. The minimum atomic E-state index is -0.787. The Labute approximate surface area is 89.2 Å². The molecule has 0 aliphatic heterocycles. The molecule has 0 N–H and O–H groups in total. The van der Waals surface area contributed by atoms with E-state index in [1.54, 1.807) is 0 Å². The second-order valence-electron chi connectivity index (χ2n) is 3.31. The van der Waals surface area contributed by atoms with Crippen LogP contribution in [0.25, 0.3) is 0 Å². The Morgan fingerprint density at radius 2 is 2.00 bits per heavy atom. The fourth-order valence-electron chi connectivity index (χ4n) is 1.17. The van der Waals surface area contributed by atoms with E-state index in [-0.39, 0.29) is 11.9 Å². The van der Waals surface area contributed by atoms with Crippen LogP contribution in [0, 0.1) is 20.2 Å². The van der Waals surface area contributed by atoms with Crippen molar-refractivity contribution in [1.29, 1.82) is 0 Å². The van der Waals surface area contributed by atoms with Gasteiger partial charge in [-0.15, -0.1) is 0 Å². The van der Waals surface area contributed by atoms with E-state index in [0.717, 1.165) is 25.1 Å². The Balaban J connectivity index is 2.47. The Morgan fingerprint density at radius 1 is 1.31 bits per heavy atom. The lowest BCUT2D eigenvalue weighted by Crippen LogP contribution is -2.05. The second kappa shape index (κ2) is 3.72. The minimum Gasteiger partial charge on any atom is -0.478 e. The summed E-state index contributed by atoms with van der Waals surface area (Å²) in [5.41, 5.74) is -0.423. The van der Waals surface area contributed by atoms with E-state index in [2.05, 4.69) is 4.98 Å². The lowest BCUT2D eigenvalue weighted by Gasteiger charge is -2.04. The summed E-state index contributed by atoms with van der Waals surface area (Å²) in [6.07, 6.45) is 2.37. The predicted octanol–water partition coefficient (Wildman–Crippen LogP) is 1.44. The molecule has 1 heterocycles. The first-order valence-electron chi connectivity index (χ1n) is 4.54. The standard InChI is InChI=1S/C8H7N3O5/c12-10(13)6-3-4-9-8(11(14)15)7(6)16-5-1-2-5/h3-5H,1-2H2. The molecule has 1 saturated carbocycles. The third kappa shape index (κ3) is 1.90. The summed E-state index contributed by atoms with van der Waals surface area (Å²) in [6, 6.07) is 1.09. The zero-order valence-electron chi connectivity index (χ0n) is 8.03. The molecule has 1 aliphatic carbocycles. The van der Waals surface area contributed by atoms with Crippen LogP contribution >= 0.6 is 0 Å². The quantitative estimate of drug-likeness (QED) is 0.566. The molecular formula is C8H7N3O5. The van der Waals surface area contributed by atoms with Gasteiger partial charge in [-0.3, -0.25) is 10.1 Å². The minimum absolute atomic E-state index is 0.165. The SMILES string of the molecule is O=[N+]([O-])c1ccnc([N+](=O)[O-])c1OC1CC1. The molecule has 1 aromatic heterocycles. The first-order chi connectivity index (χ1) is 7.59. The summed E-state index contributed by atoms with van der Waals surface area (Å²) in [5, 5.41) is 21.3. The third-order valence-corrected chi connectivity index (χ3v) is 2.04. The molecule has 0 bridgehead atoms. The molecule has 8 heteroatoms. The highest BCUT2D eigenvalue weighted by atomic mass is 16.6. The van der Waals surface area contributed by atoms with Gasteiger partial charge in [0.15, 0.2) is 0 Å². The average molecular weight is 225 g/mol. The van der Waals surface area contributed by atoms with Crippen LogP contribution < -0.4 is 4.74 Å². The molecular weight excluding hydrogens is 218 g/mol. The van der Waals surface area contributed by atoms with E-state index in [0.29, 0.717) is 0 Å². The maximum atomic E-state index is 10.7. The molecule has 1 aromatic rings. The first-order valence-corrected chi connectivity index (χ1v) is 4.54. The van der Waals surface area contributed by atoms with Gasteiger partial charge in [0.1, 0.15) is 6.20 Å². The molecule has 0 radical (unpaired) electrons. The summed E-state index contributed by atoms with van der Waals surface area (Å²) in [7, 11) is 0. The highest BCUT2D eigenvalue weighted by Gasteiger charge is 2.34. The smallest absolute Gasteiger partial charge is 0.413 e. The Kier molecular flexibility index (Phi) is 2.39. The maximum Gasteiger partial charge on any atom is 0.413 e. The number of nitro groups is 2. The van der Waals surface area contributed by atoms with Crippen LogP contribution in [0.1, 0.15) is 12.8 Å². The Hall–Kier alpha value is -2.25. The van der Waals surface area contributed by atoms with E-state index in [9.17, 15) is 20.2 Å². The fourth-order valence-corrected chi connectivity index (χ4v) is 1.17. The van der Waals surface area contributed by atoms with Crippen LogP contribution in [-0.2, 0) is 0 Å². The molecule has 0 aromatic carbocycles. The lowest BCUT2D eigenvalue weighted by atomic mass is 10.3. The van der Waals surface area contributed by atoms with Crippen LogP contribution in [0.15, 0.2) is 12.3 Å². The van der Waals surface area contributed by atoms with Crippen LogP contribution in [0.3, 0.4) is 0 Å². The topological polar surface area (TPSA) is 108 Å². The number of hydrogen-bond acceptors (Lipinski definition) is 6. The monoisotopic (exact) mass is 225 g/mol. The van der Waals surface area contributed by atoms with Gasteiger partial charge in [-0.2, -0.15) is 0 Å². The zero-order chi connectivity index (χ0) is 11.7. The van der Waals surface area contributed by atoms with E-state index in [1.165, 1.54) is 0 Å². The molecule has 84 valence electrons. The zero-order valence-corrected chi connectivity index (χ0v) is 8.03. The van der Waals surface area contributed by atoms with Gasteiger partial charge >= 0.3 is 11.5 Å². The van der Waals surface area contributed by atoms with E-state index in [1.807, 2.05) is 0 Å². The van der Waals surface area contributed by atoms with Crippen molar-refractivity contribution in [2.45, 2.75) is 18.9 Å². The van der Waals surface area contributed by atoms with Crippen molar-refractivity contribution in [3.8, 4) is 5.75 Å². The van der Waals surface area contributed by atoms with Gasteiger partial charge < -0.3 is 14.9 Å². The Bertz CT molecular complexity index is 425. The molecule has 1 aliphatic rings. The summed E-state index contributed by atoms with van der Waals surface area (Å²) in [4.78, 5) is 23.3. The number of pyridine rings is 1. The van der Waals surface area contributed by atoms with Crippen LogP contribution in [0.5, 0.6) is 5.75 Å². The van der Waals surface area contributed by atoms with Crippen LogP contribution in [0.4, 0.5) is 11.5 Å². The fraction of sp³-hybridized carbons (Fsp3) is 0.375. The molecule has 0 spiro atoms. The van der Waals surface area contributed by atoms with Crippen molar-refractivity contribution in [3.05, 3.63) is 32.5 Å². The molecule has 0 atom stereocenters. The van der Waals surface area contributed by atoms with Gasteiger partial charge in [0, 0.05) is 0 Å². The summed E-state index contributed by atoms with van der Waals surface area (Å²) >= 11 is 0. The van der Waals surface area contributed by atoms with Gasteiger partial charge in [-0.25, -0.2) is 0 Å². The summed E-state index contributed by atoms with van der Waals surface area (Å²) in [6.45, 7) is 0. The van der Waals surface area contributed by atoms with Gasteiger partial charge in [0.05, 0.1) is 17.1 Å². The number of nitrogens with zero attached hydrogens (tertiary/aromatic N) is 3. The van der Waals surface area contributed by atoms with Crippen molar-refractivity contribution in [2.24, 2.45) is 0 Å². The number of aromatic nitrogens is 1. The van der Waals surface area contributed by atoms with Gasteiger partial charge in [0.25, 0.3) is 5.75 Å². The summed E-state index contributed by atoms with van der Waals surface area (Å²) < 4.78 is 5.16. The number of hydrogen-bond donors (Lipinski definition) is 0. The highest BCUT2D eigenvalue weighted by Crippen LogP contribution is 2.38. The molecule has 8 nitrogen and oxygen atoms in total. The molecule has 16 heavy (non-hydrogen) atoms. The van der Waals surface area contributed by atoms with E-state index < -0.39 is 21.4 Å². The second-order valence-corrected chi connectivity index (χ2v) is 3.31. The van der Waals surface area contributed by atoms with E-state index >= 15 is 0 Å². The van der Waals surface area contributed by atoms with Crippen molar-refractivity contribution >= 4 is 11.5 Å². The molecule has 2 rings (SSSR count). The lowest BCUT2D eigenvalue weighted by molar-refractivity contribution is -0.399. The largest absolute Gasteiger partial charge is 0.478 e. The van der Waals surface area contributed by atoms with Crippen molar-refractivity contribution in [2.75, 3.05) is 0 Å². The van der Waals surface area contributed by atoms with Gasteiger partial charge in [-0.1, -0.05) is 0 Å². The normalized spacial score (nSPS) is 14.5. The van der Waals surface area contributed by atoms with Gasteiger partial charge in [0.2, 0.25) is 0 Å². The number of ether oxygens (including phenoxy) is 1. The maximum absolute atomic E-state index is 10.7. The Morgan fingerprint density at radius 3 is 2.50 bits per heavy atom. The van der Waals surface area contributed by atoms with Gasteiger partial charge in [-0.05, 0) is 22.7 Å². The van der Waals surface area contributed by atoms with Crippen molar-refractivity contribution < 1.29 is 14.6 Å². The van der Waals surface area contributed by atoms with Crippen LogP contribution in [0.2, 0.25) is 0 Å². The predicted molar refractivity (Wildman–Crippen MR) is 51.2 cm³/mol. The molecule has 0 unspecified atom stereocenters. The molecule has 0 amide bonds. The van der Waals surface area contributed by atoms with Crippen molar-refractivity contribution in [3.63, 3.8) is 0 Å². The molecule has 1 fully saturated rings. The van der Waals surface area contributed by atoms with E-state index in [4.69, 9.17) is 4.74 Å². The van der Waals surface area contributed by atoms with Crippen LogP contribution in [-0.4, -0.2) is 20.9 Å². The summed E-state index contributed by atoms with van der Waals surface area (Å²) in [5.74, 6) is -0.957. The average Bonchev–Trinajstić information content (AvgIpc) is 3.01.